The summed E-state index contributed by atoms with van der Waals surface area (Å²) in [6.07, 6.45) is 3.96. The second kappa shape index (κ2) is 11.0. The Kier molecular flexibility index (Phi) is 8.64. The SMILES string of the molecule is CCCC(C)NC(=O)COC(=O)c1ccccc1SCC(=O)N1CCCC1. The molecule has 1 fully saturated rings. The van der Waals surface area contributed by atoms with Crippen molar-refractivity contribution in [3.63, 3.8) is 0 Å². The molecule has 1 aromatic carbocycles. The van der Waals surface area contributed by atoms with E-state index in [4.69, 9.17) is 4.74 Å². The standard InChI is InChI=1S/C20H28N2O4S/c1-3-8-15(2)21-18(23)13-26-20(25)16-9-4-5-10-17(16)27-14-19(24)22-11-6-7-12-22/h4-5,9-10,15H,3,6-8,11-14H2,1-2H3,(H,21,23). The van der Waals surface area contributed by atoms with Crippen molar-refractivity contribution in [1.29, 1.82) is 0 Å². The van der Waals surface area contributed by atoms with Gasteiger partial charge in [-0.1, -0.05) is 25.5 Å². The van der Waals surface area contributed by atoms with Crippen LogP contribution in [0.2, 0.25) is 0 Å². The summed E-state index contributed by atoms with van der Waals surface area (Å²) in [6, 6.07) is 7.07. The van der Waals surface area contributed by atoms with Gasteiger partial charge >= 0.3 is 5.97 Å². The van der Waals surface area contributed by atoms with Gasteiger partial charge < -0.3 is 15.0 Å². The van der Waals surface area contributed by atoms with E-state index in [1.807, 2.05) is 24.8 Å². The van der Waals surface area contributed by atoms with Gasteiger partial charge in [0.05, 0.1) is 11.3 Å². The lowest BCUT2D eigenvalue weighted by molar-refractivity contribution is -0.127. The van der Waals surface area contributed by atoms with E-state index in [1.54, 1.807) is 18.2 Å². The van der Waals surface area contributed by atoms with Crippen molar-refractivity contribution < 1.29 is 19.1 Å². The number of esters is 1. The molecule has 0 spiro atoms. The Morgan fingerprint density at radius 3 is 2.63 bits per heavy atom. The van der Waals surface area contributed by atoms with Gasteiger partial charge in [-0.15, -0.1) is 11.8 Å². The second-order valence-electron chi connectivity index (χ2n) is 6.71. The molecule has 1 aromatic rings. The van der Waals surface area contributed by atoms with Crippen molar-refractivity contribution >= 4 is 29.5 Å². The molecule has 1 N–H and O–H groups in total. The summed E-state index contributed by atoms with van der Waals surface area (Å²) in [7, 11) is 0. The van der Waals surface area contributed by atoms with Gasteiger partial charge in [0, 0.05) is 24.0 Å². The Balaban J connectivity index is 1.86. The first-order valence-electron chi connectivity index (χ1n) is 9.47. The van der Waals surface area contributed by atoms with E-state index in [1.165, 1.54) is 11.8 Å². The van der Waals surface area contributed by atoms with E-state index < -0.39 is 5.97 Å². The number of hydrogen-bond acceptors (Lipinski definition) is 5. The van der Waals surface area contributed by atoms with Crippen molar-refractivity contribution in [3.05, 3.63) is 29.8 Å². The lowest BCUT2D eigenvalue weighted by Crippen LogP contribution is -2.35. The van der Waals surface area contributed by atoms with Crippen LogP contribution in [0.15, 0.2) is 29.2 Å². The molecule has 27 heavy (non-hydrogen) atoms. The average Bonchev–Trinajstić information content (AvgIpc) is 3.19. The number of benzene rings is 1. The van der Waals surface area contributed by atoms with Crippen LogP contribution in [-0.4, -0.2) is 54.2 Å². The molecule has 1 aliphatic rings. The highest BCUT2D eigenvalue weighted by atomic mass is 32.2. The fraction of sp³-hybridized carbons (Fsp3) is 0.550. The summed E-state index contributed by atoms with van der Waals surface area (Å²) in [5, 5.41) is 2.80. The molecule has 2 rings (SSSR count). The average molecular weight is 393 g/mol. The Morgan fingerprint density at radius 2 is 1.93 bits per heavy atom. The molecule has 0 radical (unpaired) electrons. The number of rotatable bonds is 9. The fourth-order valence-electron chi connectivity index (χ4n) is 2.99. The summed E-state index contributed by atoms with van der Waals surface area (Å²) in [6.45, 7) is 5.29. The molecular formula is C20H28N2O4S. The number of likely N-dealkylation sites (tertiary alicyclic amines) is 1. The van der Waals surface area contributed by atoms with E-state index in [2.05, 4.69) is 5.32 Å². The highest BCUT2D eigenvalue weighted by Gasteiger charge is 2.20. The summed E-state index contributed by atoms with van der Waals surface area (Å²) in [4.78, 5) is 39.0. The minimum atomic E-state index is -0.551. The molecule has 2 amide bonds. The molecule has 1 unspecified atom stereocenters. The smallest absolute Gasteiger partial charge is 0.339 e. The molecule has 1 saturated heterocycles. The van der Waals surface area contributed by atoms with Crippen molar-refractivity contribution in [3.8, 4) is 0 Å². The number of nitrogens with zero attached hydrogens (tertiary/aromatic N) is 1. The Bertz CT molecular complexity index is 659. The van der Waals surface area contributed by atoms with Gasteiger partial charge in [0.15, 0.2) is 6.61 Å². The van der Waals surface area contributed by atoms with Crippen molar-refractivity contribution in [2.75, 3.05) is 25.4 Å². The summed E-state index contributed by atoms with van der Waals surface area (Å²) < 4.78 is 5.16. The minimum Gasteiger partial charge on any atom is -0.452 e. The highest BCUT2D eigenvalue weighted by molar-refractivity contribution is 8.00. The molecule has 7 heteroatoms. The molecule has 1 atom stereocenters. The maximum atomic E-state index is 12.4. The van der Waals surface area contributed by atoms with Crippen LogP contribution in [0.4, 0.5) is 0 Å². The number of thioether (sulfide) groups is 1. The third kappa shape index (κ3) is 6.90. The molecule has 148 valence electrons. The molecule has 0 bridgehead atoms. The maximum absolute atomic E-state index is 12.4. The van der Waals surface area contributed by atoms with E-state index in [9.17, 15) is 14.4 Å². The van der Waals surface area contributed by atoms with Crippen LogP contribution in [-0.2, 0) is 14.3 Å². The number of ether oxygens (including phenoxy) is 1. The van der Waals surface area contributed by atoms with Gasteiger partial charge in [0.1, 0.15) is 0 Å². The largest absolute Gasteiger partial charge is 0.452 e. The fourth-order valence-corrected chi connectivity index (χ4v) is 3.93. The quantitative estimate of drug-likeness (QED) is 0.517. The topological polar surface area (TPSA) is 75.7 Å². The maximum Gasteiger partial charge on any atom is 0.339 e. The van der Waals surface area contributed by atoms with Crippen LogP contribution >= 0.6 is 11.8 Å². The number of nitrogens with one attached hydrogen (secondary N) is 1. The number of carbonyl (C=O) groups excluding carboxylic acids is 3. The number of hydrogen-bond donors (Lipinski definition) is 1. The zero-order chi connectivity index (χ0) is 19.6. The molecule has 0 aromatic heterocycles. The van der Waals surface area contributed by atoms with Crippen LogP contribution in [0.25, 0.3) is 0 Å². The first-order valence-corrected chi connectivity index (χ1v) is 10.5. The highest BCUT2D eigenvalue weighted by Crippen LogP contribution is 2.24. The third-order valence-corrected chi connectivity index (χ3v) is 5.44. The first-order chi connectivity index (χ1) is 13.0. The molecule has 6 nitrogen and oxygen atoms in total. The predicted molar refractivity (Wildman–Crippen MR) is 106 cm³/mol. The Morgan fingerprint density at radius 1 is 1.22 bits per heavy atom. The van der Waals surface area contributed by atoms with Gasteiger partial charge in [-0.2, -0.15) is 0 Å². The molecule has 1 heterocycles. The molecule has 1 aliphatic heterocycles. The van der Waals surface area contributed by atoms with Crippen molar-refractivity contribution in [1.82, 2.24) is 10.2 Å². The van der Waals surface area contributed by atoms with Gasteiger partial charge in [0.25, 0.3) is 5.91 Å². The van der Waals surface area contributed by atoms with E-state index >= 15 is 0 Å². The Labute approximate surface area is 165 Å². The normalized spacial score (nSPS) is 14.7. The zero-order valence-corrected chi connectivity index (χ0v) is 16.8. The first kappa shape index (κ1) is 21.3. The lowest BCUT2D eigenvalue weighted by atomic mass is 10.2. The Hall–Kier alpha value is -2.02. The lowest BCUT2D eigenvalue weighted by Gasteiger charge is -2.15. The summed E-state index contributed by atoms with van der Waals surface area (Å²) in [5.41, 5.74) is 0.381. The van der Waals surface area contributed by atoms with Crippen LogP contribution in [0.5, 0.6) is 0 Å². The number of amides is 2. The van der Waals surface area contributed by atoms with Gasteiger partial charge in [-0.25, -0.2) is 4.79 Å². The predicted octanol–water partition coefficient (Wildman–Crippen LogP) is 2.86. The van der Waals surface area contributed by atoms with Crippen LogP contribution < -0.4 is 5.32 Å². The number of carbonyl (C=O) groups is 3. The van der Waals surface area contributed by atoms with Crippen LogP contribution in [0.1, 0.15) is 49.9 Å². The van der Waals surface area contributed by atoms with Crippen LogP contribution in [0, 0.1) is 0 Å². The van der Waals surface area contributed by atoms with E-state index in [0.717, 1.165) is 38.8 Å². The minimum absolute atomic E-state index is 0.0562. The molecular weight excluding hydrogens is 364 g/mol. The molecule has 0 aliphatic carbocycles. The second-order valence-corrected chi connectivity index (χ2v) is 7.72. The van der Waals surface area contributed by atoms with E-state index in [-0.39, 0.29) is 24.5 Å². The zero-order valence-electron chi connectivity index (χ0n) is 16.0. The molecule has 0 saturated carbocycles. The van der Waals surface area contributed by atoms with Gasteiger partial charge in [-0.3, -0.25) is 9.59 Å². The monoisotopic (exact) mass is 392 g/mol. The third-order valence-electron chi connectivity index (χ3n) is 4.38. The summed E-state index contributed by atoms with van der Waals surface area (Å²) >= 11 is 1.33. The van der Waals surface area contributed by atoms with Gasteiger partial charge in [0.2, 0.25) is 5.91 Å². The van der Waals surface area contributed by atoms with Gasteiger partial charge in [-0.05, 0) is 38.3 Å². The van der Waals surface area contributed by atoms with Crippen molar-refractivity contribution in [2.45, 2.75) is 50.5 Å². The van der Waals surface area contributed by atoms with Crippen molar-refractivity contribution in [2.24, 2.45) is 0 Å². The van der Waals surface area contributed by atoms with E-state index in [0.29, 0.717) is 16.2 Å². The summed E-state index contributed by atoms with van der Waals surface area (Å²) in [5.74, 6) is -0.479. The van der Waals surface area contributed by atoms with Crippen LogP contribution in [0.3, 0.4) is 0 Å².